The summed E-state index contributed by atoms with van der Waals surface area (Å²) in [5.74, 6) is 0. The summed E-state index contributed by atoms with van der Waals surface area (Å²) in [6.07, 6.45) is 3.48. The summed E-state index contributed by atoms with van der Waals surface area (Å²) >= 11 is 0. The second-order valence-corrected chi connectivity index (χ2v) is 3.73. The molecular formula is C12H16O2. The van der Waals surface area contributed by atoms with Gasteiger partial charge in [0.05, 0.1) is 19.3 Å². The Hall–Kier alpha value is -0.860. The van der Waals surface area contributed by atoms with Crippen molar-refractivity contribution in [1.82, 2.24) is 0 Å². The fourth-order valence-electron chi connectivity index (χ4n) is 2.03. The topological polar surface area (TPSA) is 29.5 Å². The number of hydrogen-bond donors (Lipinski definition) is 1. The molecule has 0 saturated carbocycles. The first-order valence-corrected chi connectivity index (χ1v) is 5.19. The molecule has 0 spiro atoms. The van der Waals surface area contributed by atoms with E-state index >= 15 is 0 Å². The first-order chi connectivity index (χ1) is 6.90. The Kier molecular flexibility index (Phi) is 3.17. The van der Waals surface area contributed by atoms with Crippen LogP contribution in [0.4, 0.5) is 0 Å². The van der Waals surface area contributed by atoms with Crippen LogP contribution in [0.2, 0.25) is 0 Å². The molecule has 1 atom stereocenters. The van der Waals surface area contributed by atoms with Crippen LogP contribution in [0, 0.1) is 0 Å². The van der Waals surface area contributed by atoms with Gasteiger partial charge in [-0.25, -0.2) is 0 Å². The highest BCUT2D eigenvalue weighted by Gasteiger charge is 2.17. The lowest BCUT2D eigenvalue weighted by atomic mass is 9.90. The van der Waals surface area contributed by atoms with Gasteiger partial charge < -0.3 is 9.84 Å². The monoisotopic (exact) mass is 192 g/mol. The van der Waals surface area contributed by atoms with Crippen molar-refractivity contribution >= 4 is 0 Å². The van der Waals surface area contributed by atoms with E-state index in [2.05, 4.69) is 24.3 Å². The SMILES string of the molecule is OCCOC1CCc2ccccc2C1. The molecule has 1 unspecified atom stereocenters. The number of benzene rings is 1. The van der Waals surface area contributed by atoms with E-state index in [-0.39, 0.29) is 6.61 Å². The minimum absolute atomic E-state index is 0.123. The van der Waals surface area contributed by atoms with Crippen molar-refractivity contribution in [3.63, 3.8) is 0 Å². The minimum Gasteiger partial charge on any atom is -0.394 e. The van der Waals surface area contributed by atoms with Crippen LogP contribution >= 0.6 is 0 Å². The van der Waals surface area contributed by atoms with Gasteiger partial charge in [-0.3, -0.25) is 0 Å². The van der Waals surface area contributed by atoms with Crippen molar-refractivity contribution in [1.29, 1.82) is 0 Å². The van der Waals surface area contributed by atoms with Gasteiger partial charge in [0.25, 0.3) is 0 Å². The normalized spacial score (nSPS) is 20.5. The number of rotatable bonds is 3. The summed E-state index contributed by atoms with van der Waals surface area (Å²) in [6.45, 7) is 0.588. The molecule has 0 aromatic heterocycles. The molecule has 14 heavy (non-hydrogen) atoms. The van der Waals surface area contributed by atoms with Crippen LogP contribution in [0.1, 0.15) is 17.5 Å². The van der Waals surface area contributed by atoms with E-state index in [1.54, 1.807) is 0 Å². The van der Waals surface area contributed by atoms with Crippen LogP contribution < -0.4 is 0 Å². The first kappa shape index (κ1) is 9.69. The fraction of sp³-hybridized carbons (Fsp3) is 0.500. The van der Waals surface area contributed by atoms with Gasteiger partial charge in [0.2, 0.25) is 0 Å². The average molecular weight is 192 g/mol. The third-order valence-corrected chi connectivity index (χ3v) is 2.75. The molecule has 1 aliphatic rings. The molecule has 2 heteroatoms. The Morgan fingerprint density at radius 1 is 1.29 bits per heavy atom. The predicted molar refractivity (Wildman–Crippen MR) is 55.3 cm³/mol. The number of aliphatic hydroxyl groups excluding tert-OH is 1. The van der Waals surface area contributed by atoms with E-state index in [9.17, 15) is 0 Å². The Bertz CT molecular complexity index is 296. The van der Waals surface area contributed by atoms with E-state index < -0.39 is 0 Å². The molecule has 2 rings (SSSR count). The molecule has 0 aliphatic heterocycles. The molecule has 0 amide bonds. The van der Waals surface area contributed by atoms with Gasteiger partial charge in [0.1, 0.15) is 0 Å². The maximum Gasteiger partial charge on any atom is 0.0701 e. The Labute approximate surface area is 84.5 Å². The zero-order chi connectivity index (χ0) is 9.80. The van der Waals surface area contributed by atoms with Crippen LogP contribution in [-0.4, -0.2) is 24.4 Å². The molecule has 76 valence electrons. The summed E-state index contributed by atoms with van der Waals surface area (Å²) in [5, 5.41) is 8.67. The lowest BCUT2D eigenvalue weighted by Crippen LogP contribution is -2.23. The molecule has 0 fully saturated rings. The van der Waals surface area contributed by atoms with Crippen LogP contribution in [0.5, 0.6) is 0 Å². The number of fused-ring (bicyclic) bond motifs is 1. The van der Waals surface area contributed by atoms with Gasteiger partial charge in [0.15, 0.2) is 0 Å². The largest absolute Gasteiger partial charge is 0.394 e. The smallest absolute Gasteiger partial charge is 0.0701 e. The lowest BCUT2D eigenvalue weighted by Gasteiger charge is -2.24. The van der Waals surface area contributed by atoms with E-state index in [0.29, 0.717) is 12.7 Å². The summed E-state index contributed by atoms with van der Waals surface area (Å²) in [4.78, 5) is 0. The third kappa shape index (κ3) is 2.14. The van der Waals surface area contributed by atoms with Crippen LogP contribution in [0.15, 0.2) is 24.3 Å². The van der Waals surface area contributed by atoms with Gasteiger partial charge in [-0.2, -0.15) is 0 Å². The standard InChI is InChI=1S/C12H16O2/c13-7-8-14-12-6-5-10-3-1-2-4-11(10)9-12/h1-4,12-13H,5-9H2. The number of hydrogen-bond acceptors (Lipinski definition) is 2. The van der Waals surface area contributed by atoms with Gasteiger partial charge in [-0.05, 0) is 30.4 Å². The molecule has 0 heterocycles. The molecule has 1 aromatic carbocycles. The number of aryl methyl sites for hydroxylation is 1. The number of ether oxygens (including phenoxy) is 1. The predicted octanol–water partition coefficient (Wildman–Crippen LogP) is 1.55. The Morgan fingerprint density at radius 3 is 2.86 bits per heavy atom. The molecule has 0 radical (unpaired) electrons. The highest BCUT2D eigenvalue weighted by atomic mass is 16.5. The zero-order valence-corrected chi connectivity index (χ0v) is 8.28. The molecule has 1 aliphatic carbocycles. The second kappa shape index (κ2) is 4.58. The highest BCUT2D eigenvalue weighted by molar-refractivity contribution is 5.29. The summed E-state index contributed by atoms with van der Waals surface area (Å²) in [5.41, 5.74) is 2.86. The van der Waals surface area contributed by atoms with Crippen molar-refractivity contribution in [3.8, 4) is 0 Å². The van der Waals surface area contributed by atoms with Gasteiger partial charge in [-0.15, -0.1) is 0 Å². The Morgan fingerprint density at radius 2 is 2.07 bits per heavy atom. The zero-order valence-electron chi connectivity index (χ0n) is 8.28. The third-order valence-electron chi connectivity index (χ3n) is 2.75. The molecule has 0 saturated heterocycles. The van der Waals surface area contributed by atoms with E-state index in [1.165, 1.54) is 11.1 Å². The van der Waals surface area contributed by atoms with Crippen LogP contribution in [-0.2, 0) is 17.6 Å². The quantitative estimate of drug-likeness (QED) is 0.787. The molecule has 1 N–H and O–H groups in total. The first-order valence-electron chi connectivity index (χ1n) is 5.19. The van der Waals surface area contributed by atoms with Gasteiger partial charge in [-0.1, -0.05) is 24.3 Å². The van der Waals surface area contributed by atoms with Crippen molar-refractivity contribution in [2.45, 2.75) is 25.4 Å². The van der Waals surface area contributed by atoms with Crippen LogP contribution in [0.25, 0.3) is 0 Å². The van der Waals surface area contributed by atoms with E-state index in [4.69, 9.17) is 9.84 Å². The van der Waals surface area contributed by atoms with Crippen LogP contribution in [0.3, 0.4) is 0 Å². The molecule has 2 nitrogen and oxygen atoms in total. The van der Waals surface area contributed by atoms with Gasteiger partial charge in [0, 0.05) is 0 Å². The Balaban J connectivity index is 1.99. The lowest BCUT2D eigenvalue weighted by molar-refractivity contribution is 0.0216. The van der Waals surface area contributed by atoms with Gasteiger partial charge >= 0.3 is 0 Å². The van der Waals surface area contributed by atoms with Crippen molar-refractivity contribution in [3.05, 3.63) is 35.4 Å². The van der Waals surface area contributed by atoms with E-state index in [1.807, 2.05) is 0 Å². The summed E-state index contributed by atoms with van der Waals surface area (Å²) in [6, 6.07) is 8.53. The molecule has 1 aromatic rings. The highest BCUT2D eigenvalue weighted by Crippen LogP contribution is 2.22. The second-order valence-electron chi connectivity index (χ2n) is 3.73. The van der Waals surface area contributed by atoms with E-state index in [0.717, 1.165) is 19.3 Å². The molecule has 0 bridgehead atoms. The number of aliphatic hydroxyl groups is 1. The maximum absolute atomic E-state index is 8.67. The molecular weight excluding hydrogens is 176 g/mol. The minimum atomic E-state index is 0.123. The van der Waals surface area contributed by atoms with Crippen molar-refractivity contribution < 1.29 is 9.84 Å². The van der Waals surface area contributed by atoms with Crippen molar-refractivity contribution in [2.75, 3.05) is 13.2 Å². The maximum atomic E-state index is 8.67. The van der Waals surface area contributed by atoms with Crippen molar-refractivity contribution in [2.24, 2.45) is 0 Å². The average Bonchev–Trinajstić information content (AvgIpc) is 2.26. The summed E-state index contributed by atoms with van der Waals surface area (Å²) in [7, 11) is 0. The fourth-order valence-corrected chi connectivity index (χ4v) is 2.03. The summed E-state index contributed by atoms with van der Waals surface area (Å²) < 4.78 is 5.54.